The van der Waals surface area contributed by atoms with Crippen LogP contribution in [-0.2, 0) is 4.74 Å². The first-order valence-corrected chi connectivity index (χ1v) is 9.82. The molecule has 3 heterocycles. The Balaban J connectivity index is 1.45. The van der Waals surface area contributed by atoms with Crippen molar-refractivity contribution < 1.29 is 9.53 Å². The number of aromatic nitrogens is 2. The van der Waals surface area contributed by atoms with Crippen molar-refractivity contribution in [1.82, 2.24) is 14.5 Å². The van der Waals surface area contributed by atoms with Gasteiger partial charge in [0.15, 0.2) is 5.43 Å². The standard InChI is InChI=1S/C21H26N4O3/c1-20(2,3)28-19(27)24-12-21(13-24)7-4-14(5-8-21)16-11-23-25-9-6-17(26)15(10-22)18(16)25/h6,9,11,14,23H,4-5,7-8,12-13H2,1-3H3. The van der Waals surface area contributed by atoms with E-state index in [1.165, 1.54) is 6.07 Å². The topological polar surface area (TPSA) is 90.6 Å². The van der Waals surface area contributed by atoms with Crippen LogP contribution >= 0.6 is 0 Å². The highest BCUT2D eigenvalue weighted by atomic mass is 16.6. The molecule has 148 valence electrons. The molecule has 0 unspecified atom stereocenters. The van der Waals surface area contributed by atoms with Crippen molar-refractivity contribution in [2.45, 2.75) is 58.0 Å². The molecule has 0 bridgehead atoms. The summed E-state index contributed by atoms with van der Waals surface area (Å²) in [6.07, 6.45) is 7.42. The molecule has 0 atom stereocenters. The van der Waals surface area contributed by atoms with Crippen LogP contribution in [0.1, 0.15) is 63.5 Å². The summed E-state index contributed by atoms with van der Waals surface area (Å²) in [6.45, 7) is 7.16. The number of hydrogen-bond acceptors (Lipinski definition) is 4. The second-order valence-corrected chi connectivity index (χ2v) is 9.22. The SMILES string of the molecule is CC(C)(C)OC(=O)N1CC2(CCC(c3c[nH]n4ccc(=O)c(C#N)c34)CC2)C1. The molecule has 0 aromatic carbocycles. The Kier molecular flexibility index (Phi) is 4.25. The molecule has 7 nitrogen and oxygen atoms in total. The van der Waals surface area contributed by atoms with E-state index in [0.29, 0.717) is 11.4 Å². The summed E-state index contributed by atoms with van der Waals surface area (Å²) >= 11 is 0. The number of aromatic amines is 1. The first-order valence-electron chi connectivity index (χ1n) is 9.82. The van der Waals surface area contributed by atoms with Crippen LogP contribution in [0.4, 0.5) is 4.79 Å². The summed E-state index contributed by atoms with van der Waals surface area (Å²) < 4.78 is 7.22. The molecule has 2 aliphatic rings. The minimum atomic E-state index is -0.469. The minimum Gasteiger partial charge on any atom is -0.444 e. The monoisotopic (exact) mass is 382 g/mol. The Hall–Kier alpha value is -2.75. The van der Waals surface area contributed by atoms with Crippen molar-refractivity contribution in [3.8, 4) is 6.07 Å². The predicted molar refractivity (Wildman–Crippen MR) is 104 cm³/mol. The number of nitrogens with one attached hydrogen (secondary N) is 1. The van der Waals surface area contributed by atoms with E-state index < -0.39 is 5.60 Å². The van der Waals surface area contributed by atoms with Crippen LogP contribution in [0.5, 0.6) is 0 Å². The minimum absolute atomic E-state index is 0.189. The normalized spacial score (nSPS) is 19.4. The molecular weight excluding hydrogens is 356 g/mol. The Morgan fingerprint density at radius 1 is 1.32 bits per heavy atom. The van der Waals surface area contributed by atoms with Crippen LogP contribution in [0.3, 0.4) is 0 Å². The van der Waals surface area contributed by atoms with Gasteiger partial charge in [-0.3, -0.25) is 9.31 Å². The Bertz CT molecular complexity index is 1000. The first kappa shape index (κ1) is 18.6. The third-order valence-electron chi connectivity index (χ3n) is 6.03. The van der Waals surface area contributed by atoms with Gasteiger partial charge in [0.05, 0.1) is 5.52 Å². The fourth-order valence-electron chi connectivity index (χ4n) is 4.63. The lowest BCUT2D eigenvalue weighted by Crippen LogP contribution is -2.60. The smallest absolute Gasteiger partial charge is 0.410 e. The van der Waals surface area contributed by atoms with E-state index in [-0.39, 0.29) is 22.5 Å². The largest absolute Gasteiger partial charge is 0.444 e. The van der Waals surface area contributed by atoms with Crippen LogP contribution in [0.2, 0.25) is 0 Å². The third kappa shape index (κ3) is 3.17. The molecule has 1 amide bonds. The van der Waals surface area contributed by atoms with E-state index >= 15 is 0 Å². The molecule has 1 spiro atoms. The number of nitriles is 1. The maximum Gasteiger partial charge on any atom is 0.410 e. The molecule has 4 rings (SSSR count). The van der Waals surface area contributed by atoms with E-state index in [9.17, 15) is 14.9 Å². The summed E-state index contributed by atoms with van der Waals surface area (Å²) in [4.78, 5) is 26.1. The zero-order chi connectivity index (χ0) is 20.1. The average molecular weight is 382 g/mol. The van der Waals surface area contributed by atoms with Gasteiger partial charge in [0.1, 0.15) is 17.2 Å². The van der Waals surface area contributed by atoms with Gasteiger partial charge < -0.3 is 14.7 Å². The fraction of sp³-hybridized carbons (Fsp3) is 0.571. The number of hydrogen-bond donors (Lipinski definition) is 1. The maximum atomic E-state index is 12.2. The molecule has 1 N–H and O–H groups in total. The molecule has 7 heteroatoms. The van der Waals surface area contributed by atoms with Gasteiger partial charge in [0.2, 0.25) is 0 Å². The van der Waals surface area contributed by atoms with Gasteiger partial charge in [-0.15, -0.1) is 0 Å². The number of likely N-dealkylation sites (tertiary alicyclic amines) is 1. The Labute approximate surface area is 163 Å². The van der Waals surface area contributed by atoms with Crippen molar-refractivity contribution in [2.24, 2.45) is 5.41 Å². The molecule has 1 aliphatic heterocycles. The maximum absolute atomic E-state index is 12.2. The fourth-order valence-corrected chi connectivity index (χ4v) is 4.63. The van der Waals surface area contributed by atoms with E-state index in [1.54, 1.807) is 15.6 Å². The quantitative estimate of drug-likeness (QED) is 0.818. The summed E-state index contributed by atoms with van der Waals surface area (Å²) in [5.74, 6) is 0.316. The van der Waals surface area contributed by atoms with Gasteiger partial charge >= 0.3 is 6.09 Å². The van der Waals surface area contributed by atoms with Gasteiger partial charge in [0, 0.05) is 37.0 Å². The summed E-state index contributed by atoms with van der Waals surface area (Å²) in [5.41, 5.74) is 1.45. The van der Waals surface area contributed by atoms with Gasteiger partial charge in [0.25, 0.3) is 0 Å². The van der Waals surface area contributed by atoms with Crippen LogP contribution in [-0.4, -0.2) is 39.3 Å². The highest BCUT2D eigenvalue weighted by molar-refractivity contribution is 5.69. The lowest BCUT2D eigenvalue weighted by molar-refractivity contribution is -0.0505. The Morgan fingerprint density at radius 3 is 2.61 bits per heavy atom. The zero-order valence-corrected chi connectivity index (χ0v) is 16.6. The third-order valence-corrected chi connectivity index (χ3v) is 6.03. The summed E-state index contributed by atoms with van der Waals surface area (Å²) in [6, 6.07) is 3.49. The van der Waals surface area contributed by atoms with E-state index in [4.69, 9.17) is 4.74 Å². The lowest BCUT2D eigenvalue weighted by Gasteiger charge is -2.53. The number of rotatable bonds is 1. The van der Waals surface area contributed by atoms with Crippen molar-refractivity contribution in [3.05, 3.63) is 39.8 Å². The molecule has 2 aromatic rings. The highest BCUT2D eigenvalue weighted by Gasteiger charge is 2.48. The molecule has 2 aromatic heterocycles. The number of nitrogens with zero attached hydrogens (tertiary/aromatic N) is 3. The lowest BCUT2D eigenvalue weighted by atomic mass is 9.65. The number of fused-ring (bicyclic) bond motifs is 1. The van der Waals surface area contributed by atoms with Gasteiger partial charge in [-0.1, -0.05) is 0 Å². The second kappa shape index (κ2) is 6.40. The Morgan fingerprint density at radius 2 is 2.00 bits per heavy atom. The van der Waals surface area contributed by atoms with E-state index in [1.807, 2.05) is 27.0 Å². The van der Waals surface area contributed by atoms with Crippen LogP contribution in [0, 0.1) is 16.7 Å². The van der Waals surface area contributed by atoms with Gasteiger partial charge in [-0.25, -0.2) is 4.79 Å². The first-order chi connectivity index (χ1) is 13.2. The van der Waals surface area contributed by atoms with Crippen molar-refractivity contribution in [2.75, 3.05) is 13.1 Å². The number of ether oxygens (including phenoxy) is 1. The molecule has 28 heavy (non-hydrogen) atoms. The molecule has 0 radical (unpaired) electrons. The van der Waals surface area contributed by atoms with Crippen molar-refractivity contribution in [3.63, 3.8) is 0 Å². The van der Waals surface area contributed by atoms with Crippen LogP contribution in [0.25, 0.3) is 5.52 Å². The number of H-pyrrole nitrogens is 1. The average Bonchev–Trinajstić information content (AvgIpc) is 3.02. The molecule has 1 saturated heterocycles. The number of pyridine rings is 1. The number of carbonyl (C=O) groups is 1. The summed E-state index contributed by atoms with van der Waals surface area (Å²) in [7, 11) is 0. The van der Waals surface area contributed by atoms with Gasteiger partial charge in [-0.2, -0.15) is 5.26 Å². The van der Waals surface area contributed by atoms with Crippen LogP contribution in [0.15, 0.2) is 23.3 Å². The molecule has 1 aliphatic carbocycles. The predicted octanol–water partition coefficient (Wildman–Crippen LogP) is 3.39. The molecular formula is C21H26N4O3. The zero-order valence-electron chi connectivity index (χ0n) is 16.6. The number of amides is 1. The van der Waals surface area contributed by atoms with Crippen LogP contribution < -0.4 is 5.43 Å². The molecule has 2 fully saturated rings. The second-order valence-electron chi connectivity index (χ2n) is 9.22. The van der Waals surface area contributed by atoms with Crippen molar-refractivity contribution >= 4 is 11.6 Å². The van der Waals surface area contributed by atoms with Gasteiger partial charge in [-0.05, 0) is 57.9 Å². The molecule has 1 saturated carbocycles. The van der Waals surface area contributed by atoms with E-state index in [2.05, 4.69) is 11.2 Å². The highest BCUT2D eigenvalue weighted by Crippen LogP contribution is 2.49. The summed E-state index contributed by atoms with van der Waals surface area (Å²) in [5, 5.41) is 12.6. The van der Waals surface area contributed by atoms with Crippen molar-refractivity contribution in [1.29, 1.82) is 5.26 Å². The van der Waals surface area contributed by atoms with E-state index in [0.717, 1.165) is 44.3 Å². The number of carbonyl (C=O) groups excluding carboxylic acids is 1.